The molecule has 1 aromatic carbocycles. The van der Waals surface area contributed by atoms with E-state index in [0.717, 1.165) is 5.56 Å². The predicted octanol–water partition coefficient (Wildman–Crippen LogP) is 4.72. The zero-order valence-corrected chi connectivity index (χ0v) is 15.9. The van der Waals surface area contributed by atoms with Crippen molar-refractivity contribution in [2.24, 2.45) is 4.99 Å². The van der Waals surface area contributed by atoms with Gasteiger partial charge in [-0.2, -0.15) is 0 Å². The molecule has 0 amide bonds. The fourth-order valence-electron chi connectivity index (χ4n) is 2.18. The van der Waals surface area contributed by atoms with Gasteiger partial charge in [0.25, 0.3) is 0 Å². The molecule has 0 fully saturated rings. The summed E-state index contributed by atoms with van der Waals surface area (Å²) in [6.45, 7) is 11.2. The number of hydrogen-bond donors (Lipinski definition) is 3. The minimum absolute atomic E-state index is 0.0177. The van der Waals surface area contributed by atoms with Gasteiger partial charge in [0.1, 0.15) is 5.75 Å². The maximum atomic E-state index is 10.2. The summed E-state index contributed by atoms with van der Waals surface area (Å²) in [5.74, 6) is 0.886. The van der Waals surface area contributed by atoms with Crippen LogP contribution in [-0.4, -0.2) is 17.1 Å². The average Bonchev–Trinajstić information content (AvgIpc) is 2.98. The molecule has 24 heavy (non-hydrogen) atoms. The maximum absolute atomic E-state index is 10.2. The smallest absolute Gasteiger partial charge is 0.196 e. The molecule has 0 atom stereocenters. The minimum Gasteiger partial charge on any atom is -0.506 e. The monoisotopic (exact) mass is 345 g/mol. The Morgan fingerprint density at radius 2 is 2.00 bits per heavy atom. The van der Waals surface area contributed by atoms with E-state index in [1.54, 1.807) is 17.4 Å². The van der Waals surface area contributed by atoms with Crippen LogP contribution in [0.15, 0.2) is 40.7 Å². The van der Waals surface area contributed by atoms with E-state index in [1.807, 2.05) is 23.6 Å². The lowest BCUT2D eigenvalue weighted by atomic mass is 9.87. The Kier molecular flexibility index (Phi) is 5.89. The van der Waals surface area contributed by atoms with Crippen molar-refractivity contribution in [1.82, 2.24) is 5.32 Å². The fourth-order valence-corrected chi connectivity index (χ4v) is 2.81. The summed E-state index contributed by atoms with van der Waals surface area (Å²) in [6.07, 6.45) is 0. The van der Waals surface area contributed by atoms with Crippen molar-refractivity contribution in [3.63, 3.8) is 0 Å². The van der Waals surface area contributed by atoms with Crippen molar-refractivity contribution in [3.8, 4) is 5.75 Å². The summed E-state index contributed by atoms with van der Waals surface area (Å²) < 4.78 is 0. The molecule has 1 heterocycles. The van der Waals surface area contributed by atoms with Crippen LogP contribution < -0.4 is 10.6 Å². The Morgan fingerprint density at radius 3 is 2.58 bits per heavy atom. The summed E-state index contributed by atoms with van der Waals surface area (Å²) in [6, 6.07) is 10.0. The van der Waals surface area contributed by atoms with E-state index in [-0.39, 0.29) is 17.2 Å². The molecular formula is C19H27N3OS. The number of hydrogen-bond acceptors (Lipinski definition) is 3. The number of guanidine groups is 1. The van der Waals surface area contributed by atoms with Crippen LogP contribution in [0, 0.1) is 0 Å². The van der Waals surface area contributed by atoms with Crippen LogP contribution in [0.1, 0.15) is 45.1 Å². The van der Waals surface area contributed by atoms with Gasteiger partial charge in [-0.1, -0.05) is 32.9 Å². The molecule has 0 radical (unpaired) electrons. The Labute approximate surface area is 148 Å². The Morgan fingerprint density at radius 1 is 1.25 bits per heavy atom. The Hall–Kier alpha value is -2.01. The van der Waals surface area contributed by atoms with Crippen LogP contribution >= 0.6 is 11.3 Å². The van der Waals surface area contributed by atoms with Crippen molar-refractivity contribution in [3.05, 3.63) is 46.2 Å². The summed E-state index contributed by atoms with van der Waals surface area (Å²) in [4.78, 5) is 5.83. The number of phenolic OH excluding ortho intramolecular Hbond substituents is 1. The van der Waals surface area contributed by atoms with E-state index >= 15 is 0 Å². The van der Waals surface area contributed by atoms with Crippen molar-refractivity contribution in [1.29, 1.82) is 0 Å². The molecule has 0 bridgehead atoms. The third kappa shape index (κ3) is 5.27. The molecule has 130 valence electrons. The highest BCUT2D eigenvalue weighted by Crippen LogP contribution is 2.30. The van der Waals surface area contributed by atoms with Crippen LogP contribution in [0.25, 0.3) is 0 Å². The Bertz CT molecular complexity index is 685. The highest BCUT2D eigenvalue weighted by Gasteiger charge is 2.16. The highest BCUT2D eigenvalue weighted by molar-refractivity contribution is 7.09. The van der Waals surface area contributed by atoms with Gasteiger partial charge in [0.2, 0.25) is 0 Å². The van der Waals surface area contributed by atoms with Gasteiger partial charge in [0, 0.05) is 10.9 Å². The first-order valence-electron chi connectivity index (χ1n) is 8.19. The maximum Gasteiger partial charge on any atom is 0.196 e. The zero-order valence-electron chi connectivity index (χ0n) is 15.1. The van der Waals surface area contributed by atoms with Gasteiger partial charge in [-0.05, 0) is 48.4 Å². The summed E-state index contributed by atoms with van der Waals surface area (Å²) in [5, 5.41) is 18.8. The zero-order chi connectivity index (χ0) is 17.7. The third-order valence-corrected chi connectivity index (χ3v) is 4.38. The van der Waals surface area contributed by atoms with Gasteiger partial charge in [-0.15, -0.1) is 11.3 Å². The molecule has 4 nitrogen and oxygen atoms in total. The number of aromatic hydroxyl groups is 1. The topological polar surface area (TPSA) is 56.7 Å². The molecule has 0 aliphatic carbocycles. The van der Waals surface area contributed by atoms with Crippen molar-refractivity contribution < 1.29 is 5.11 Å². The summed E-state index contributed by atoms with van der Waals surface area (Å²) >= 11 is 1.69. The number of benzene rings is 1. The lowest BCUT2D eigenvalue weighted by molar-refractivity contribution is 0.476. The lowest BCUT2D eigenvalue weighted by Gasteiger charge is -2.21. The normalized spacial score (nSPS) is 12.5. The Balaban J connectivity index is 2.24. The lowest BCUT2D eigenvalue weighted by Crippen LogP contribution is -2.36. The van der Waals surface area contributed by atoms with Crippen molar-refractivity contribution >= 4 is 23.0 Å². The number of thiophene rings is 1. The molecule has 3 N–H and O–H groups in total. The second-order valence-electron chi connectivity index (χ2n) is 7.15. The molecular weight excluding hydrogens is 318 g/mol. The molecule has 0 spiro atoms. The van der Waals surface area contributed by atoms with Gasteiger partial charge < -0.3 is 15.7 Å². The molecule has 0 saturated carbocycles. The van der Waals surface area contributed by atoms with E-state index in [1.165, 1.54) is 4.88 Å². The van der Waals surface area contributed by atoms with Gasteiger partial charge in [-0.25, -0.2) is 4.99 Å². The summed E-state index contributed by atoms with van der Waals surface area (Å²) in [5.41, 5.74) is 1.84. The van der Waals surface area contributed by atoms with Gasteiger partial charge >= 0.3 is 0 Å². The molecule has 5 heteroatoms. The van der Waals surface area contributed by atoms with Crippen molar-refractivity contribution in [2.75, 3.05) is 5.32 Å². The highest BCUT2D eigenvalue weighted by atomic mass is 32.1. The molecule has 2 aromatic rings. The average molecular weight is 346 g/mol. The van der Waals surface area contributed by atoms with E-state index in [2.05, 4.69) is 56.3 Å². The van der Waals surface area contributed by atoms with Crippen LogP contribution in [0.4, 0.5) is 5.69 Å². The van der Waals surface area contributed by atoms with E-state index in [0.29, 0.717) is 18.2 Å². The standard InChI is InChI=1S/C19H27N3OS/c1-13(2)21-18(20-12-15-7-6-10-24-15)22-16-11-14(19(3,4)5)8-9-17(16)23/h6-11,13,23H,12H2,1-5H3,(H2,20,21,22). The van der Waals surface area contributed by atoms with Crippen LogP contribution in [0.5, 0.6) is 5.75 Å². The van der Waals surface area contributed by atoms with E-state index in [9.17, 15) is 5.11 Å². The minimum atomic E-state index is 0.0177. The number of phenols is 1. The van der Waals surface area contributed by atoms with Crippen molar-refractivity contribution in [2.45, 2.75) is 52.6 Å². The van der Waals surface area contributed by atoms with Crippen LogP contribution in [-0.2, 0) is 12.0 Å². The van der Waals surface area contributed by atoms with Gasteiger partial charge in [-0.3, -0.25) is 0 Å². The first kappa shape index (κ1) is 18.3. The first-order chi connectivity index (χ1) is 11.3. The SMILES string of the molecule is CC(C)NC(=NCc1cccs1)Nc1cc(C(C)(C)C)ccc1O. The molecule has 0 aliphatic rings. The largest absolute Gasteiger partial charge is 0.506 e. The molecule has 2 rings (SSSR count). The number of rotatable bonds is 4. The van der Waals surface area contributed by atoms with E-state index in [4.69, 9.17) is 0 Å². The predicted molar refractivity (Wildman–Crippen MR) is 104 cm³/mol. The van der Waals surface area contributed by atoms with E-state index < -0.39 is 0 Å². The second kappa shape index (κ2) is 7.71. The van der Waals surface area contributed by atoms with Gasteiger partial charge in [0.15, 0.2) is 5.96 Å². The molecule has 0 saturated heterocycles. The van der Waals surface area contributed by atoms with Crippen LogP contribution in [0.3, 0.4) is 0 Å². The number of nitrogens with one attached hydrogen (secondary N) is 2. The first-order valence-corrected chi connectivity index (χ1v) is 9.07. The second-order valence-corrected chi connectivity index (χ2v) is 8.18. The number of anilines is 1. The third-order valence-electron chi connectivity index (χ3n) is 3.51. The van der Waals surface area contributed by atoms with Crippen LogP contribution in [0.2, 0.25) is 0 Å². The molecule has 0 aliphatic heterocycles. The summed E-state index contributed by atoms with van der Waals surface area (Å²) in [7, 11) is 0. The number of nitrogens with zero attached hydrogens (tertiary/aromatic N) is 1. The molecule has 0 unspecified atom stereocenters. The number of aliphatic imine (C=N–C) groups is 1. The fraction of sp³-hybridized carbons (Fsp3) is 0.421. The molecule has 1 aromatic heterocycles. The van der Waals surface area contributed by atoms with Gasteiger partial charge in [0.05, 0.1) is 12.2 Å². The quantitative estimate of drug-likeness (QED) is 0.427.